The Hall–Kier alpha value is -2.01. The number of carbonyl (C=O) groups excluding carboxylic acids is 1. The van der Waals surface area contributed by atoms with E-state index in [9.17, 15) is 4.79 Å². The van der Waals surface area contributed by atoms with Crippen LogP contribution in [0.1, 0.15) is 85.5 Å². The van der Waals surface area contributed by atoms with Crippen molar-refractivity contribution in [2.75, 3.05) is 0 Å². The molecule has 2 aliphatic carbocycles. The fourth-order valence-corrected chi connectivity index (χ4v) is 7.48. The van der Waals surface area contributed by atoms with Gasteiger partial charge < -0.3 is 10.6 Å². The summed E-state index contributed by atoms with van der Waals surface area (Å²) in [5, 5.41) is 5.98. The van der Waals surface area contributed by atoms with E-state index in [-0.39, 0.29) is 33.9 Å². The predicted octanol–water partition coefficient (Wildman–Crippen LogP) is 3.36. The number of aromatic nitrogens is 2. The summed E-state index contributed by atoms with van der Waals surface area (Å²) < 4.78 is 0. The van der Waals surface area contributed by atoms with Gasteiger partial charge in [0.05, 0.1) is 38.9 Å². The second-order valence-corrected chi connectivity index (χ2v) is 12.5. The third-order valence-electron chi connectivity index (χ3n) is 8.99. The molecule has 1 saturated heterocycles. The van der Waals surface area contributed by atoms with Gasteiger partial charge in [0.15, 0.2) is 0 Å². The van der Waals surface area contributed by atoms with Crippen LogP contribution in [-0.4, -0.2) is 33.0 Å². The summed E-state index contributed by atoms with van der Waals surface area (Å²) >= 11 is 0. The summed E-state index contributed by atoms with van der Waals surface area (Å²) in [7, 11) is 0. The molecule has 0 spiro atoms. The SMILES string of the molecule is CC1(C)CC(NC(=O)[C@]23CC[C@](C)(c4nc5ccccc5nc42)C3(C)C)CC(C)(C)[NH2+]1. The number of nitrogens with zero attached hydrogens (tertiary/aromatic N) is 2. The number of hydrogen-bond donors (Lipinski definition) is 2. The van der Waals surface area contributed by atoms with E-state index in [1.165, 1.54) is 0 Å². The Kier molecular flexibility index (Phi) is 4.08. The molecule has 3 aliphatic rings. The van der Waals surface area contributed by atoms with Gasteiger partial charge in [0.25, 0.3) is 0 Å². The monoisotopic (exact) mass is 421 g/mol. The third kappa shape index (κ3) is 2.68. The smallest absolute Gasteiger partial charge is 0.233 e. The average Bonchev–Trinajstić information content (AvgIpc) is 2.93. The Morgan fingerprint density at radius 3 is 2.03 bits per heavy atom. The molecule has 1 aromatic heterocycles. The van der Waals surface area contributed by atoms with Crippen molar-refractivity contribution in [3.05, 3.63) is 35.7 Å². The second kappa shape index (κ2) is 6.06. The highest BCUT2D eigenvalue weighted by atomic mass is 16.2. The molecule has 5 nitrogen and oxygen atoms in total. The molecule has 3 N–H and O–H groups in total. The highest BCUT2D eigenvalue weighted by Gasteiger charge is 2.73. The largest absolute Gasteiger partial charge is 0.352 e. The minimum Gasteiger partial charge on any atom is -0.352 e. The quantitative estimate of drug-likeness (QED) is 0.781. The molecule has 31 heavy (non-hydrogen) atoms. The maximum atomic E-state index is 14.2. The number of para-hydroxylation sites is 2. The summed E-state index contributed by atoms with van der Waals surface area (Å²) in [6.07, 6.45) is 3.77. The van der Waals surface area contributed by atoms with Crippen LogP contribution < -0.4 is 10.6 Å². The van der Waals surface area contributed by atoms with E-state index in [2.05, 4.69) is 59.1 Å². The van der Waals surface area contributed by atoms with Crippen molar-refractivity contribution in [1.82, 2.24) is 15.3 Å². The number of amides is 1. The fourth-order valence-electron chi connectivity index (χ4n) is 7.48. The number of piperidine rings is 1. The molecular weight excluding hydrogens is 384 g/mol. The van der Waals surface area contributed by atoms with Crippen LogP contribution in [0, 0.1) is 5.41 Å². The topological polar surface area (TPSA) is 71.5 Å². The first-order valence-corrected chi connectivity index (χ1v) is 11.8. The first-order valence-electron chi connectivity index (χ1n) is 11.8. The molecule has 2 fully saturated rings. The number of nitrogens with two attached hydrogens (primary N) is 1. The molecule has 5 heteroatoms. The third-order valence-corrected chi connectivity index (χ3v) is 8.99. The van der Waals surface area contributed by atoms with Gasteiger partial charge in [-0.1, -0.05) is 32.9 Å². The van der Waals surface area contributed by atoms with Gasteiger partial charge in [-0.3, -0.25) is 4.79 Å². The van der Waals surface area contributed by atoms with Crippen molar-refractivity contribution in [2.45, 2.75) is 102 Å². The molecule has 1 saturated carbocycles. The van der Waals surface area contributed by atoms with E-state index in [1.54, 1.807) is 0 Å². The Bertz CT molecular complexity index is 1070. The van der Waals surface area contributed by atoms with Crippen LogP contribution in [-0.2, 0) is 15.6 Å². The van der Waals surface area contributed by atoms with E-state index in [0.29, 0.717) is 0 Å². The minimum atomic E-state index is -0.621. The molecule has 5 rings (SSSR count). The van der Waals surface area contributed by atoms with Gasteiger partial charge in [-0.25, -0.2) is 9.97 Å². The minimum absolute atomic E-state index is 0.112. The van der Waals surface area contributed by atoms with Crippen LogP contribution in [0.3, 0.4) is 0 Å². The van der Waals surface area contributed by atoms with Crippen molar-refractivity contribution in [3.63, 3.8) is 0 Å². The van der Waals surface area contributed by atoms with Gasteiger partial charge in [0, 0.05) is 24.3 Å². The van der Waals surface area contributed by atoms with Crippen LogP contribution in [0.15, 0.2) is 24.3 Å². The molecule has 2 aromatic rings. The number of carbonyl (C=O) groups is 1. The molecule has 166 valence electrons. The number of nitrogens with one attached hydrogen (secondary N) is 1. The van der Waals surface area contributed by atoms with E-state index in [4.69, 9.17) is 9.97 Å². The molecular formula is C26H37N4O+. The van der Waals surface area contributed by atoms with Gasteiger partial charge >= 0.3 is 0 Å². The van der Waals surface area contributed by atoms with E-state index in [0.717, 1.165) is 48.1 Å². The van der Waals surface area contributed by atoms with Gasteiger partial charge in [-0.15, -0.1) is 0 Å². The summed E-state index contributed by atoms with van der Waals surface area (Å²) in [6.45, 7) is 15.9. The first kappa shape index (κ1) is 20.9. The molecule has 2 heterocycles. The van der Waals surface area contributed by atoms with Crippen molar-refractivity contribution < 1.29 is 10.1 Å². The summed E-state index contributed by atoms with van der Waals surface area (Å²) in [4.78, 5) is 24.4. The van der Waals surface area contributed by atoms with E-state index in [1.807, 2.05) is 24.3 Å². The average molecular weight is 422 g/mol. The zero-order valence-corrected chi connectivity index (χ0v) is 20.1. The number of hydrogen-bond acceptors (Lipinski definition) is 3. The van der Waals surface area contributed by atoms with Crippen LogP contribution >= 0.6 is 0 Å². The van der Waals surface area contributed by atoms with E-state index >= 15 is 0 Å². The molecule has 2 bridgehead atoms. The lowest BCUT2D eigenvalue weighted by atomic mass is 9.63. The number of fused-ring (bicyclic) bond motifs is 6. The molecule has 1 aliphatic heterocycles. The summed E-state index contributed by atoms with van der Waals surface area (Å²) in [5.74, 6) is 0.156. The van der Waals surface area contributed by atoms with Crippen molar-refractivity contribution in [3.8, 4) is 0 Å². The predicted molar refractivity (Wildman–Crippen MR) is 123 cm³/mol. The molecule has 2 atom stereocenters. The summed E-state index contributed by atoms with van der Waals surface area (Å²) in [6, 6.07) is 8.23. The normalized spacial score (nSPS) is 32.7. The van der Waals surface area contributed by atoms with Crippen LogP contribution in [0.2, 0.25) is 0 Å². The fraction of sp³-hybridized carbons (Fsp3) is 0.654. The molecule has 1 amide bonds. The van der Waals surface area contributed by atoms with Crippen molar-refractivity contribution >= 4 is 16.9 Å². The van der Waals surface area contributed by atoms with Gasteiger partial charge in [-0.2, -0.15) is 0 Å². The van der Waals surface area contributed by atoms with E-state index < -0.39 is 5.41 Å². The first-order chi connectivity index (χ1) is 14.3. The highest BCUT2D eigenvalue weighted by Crippen LogP contribution is 2.70. The van der Waals surface area contributed by atoms with Crippen molar-refractivity contribution in [2.24, 2.45) is 5.41 Å². The van der Waals surface area contributed by atoms with Crippen LogP contribution in [0.5, 0.6) is 0 Å². The maximum absolute atomic E-state index is 14.2. The van der Waals surface area contributed by atoms with Crippen molar-refractivity contribution in [1.29, 1.82) is 0 Å². The van der Waals surface area contributed by atoms with Crippen LogP contribution in [0.4, 0.5) is 0 Å². The summed E-state index contributed by atoms with van der Waals surface area (Å²) in [5.41, 5.74) is 2.98. The lowest BCUT2D eigenvalue weighted by Gasteiger charge is -2.45. The Balaban J connectivity index is 1.59. The Morgan fingerprint density at radius 2 is 1.45 bits per heavy atom. The Labute approximate surface area is 185 Å². The zero-order valence-electron chi connectivity index (χ0n) is 20.1. The highest BCUT2D eigenvalue weighted by molar-refractivity contribution is 5.93. The second-order valence-electron chi connectivity index (χ2n) is 12.5. The number of rotatable bonds is 2. The number of quaternary nitrogens is 1. The van der Waals surface area contributed by atoms with Gasteiger partial charge in [0.1, 0.15) is 0 Å². The van der Waals surface area contributed by atoms with Gasteiger partial charge in [0.2, 0.25) is 5.91 Å². The molecule has 1 aromatic carbocycles. The molecule has 0 radical (unpaired) electrons. The molecule has 0 unspecified atom stereocenters. The number of benzene rings is 1. The standard InChI is InChI=1S/C26H36N4O/c1-22(2)14-16(15-23(3,4)30-22)27-21(31)26-13-12-25(7,24(26,5)6)19-20(26)29-18-11-9-8-10-17(18)28-19/h8-11,16,30H,12-15H2,1-7H3,(H,27,31)/p+1/t25-,26+/m1/s1. The maximum Gasteiger partial charge on any atom is 0.233 e. The lowest BCUT2D eigenvalue weighted by Crippen LogP contribution is -3.06. The van der Waals surface area contributed by atoms with Crippen LogP contribution in [0.25, 0.3) is 11.0 Å². The Morgan fingerprint density at radius 1 is 0.903 bits per heavy atom. The zero-order chi connectivity index (χ0) is 22.4. The lowest BCUT2D eigenvalue weighted by molar-refractivity contribution is -0.788. The van der Waals surface area contributed by atoms with Gasteiger partial charge in [-0.05, 0) is 58.1 Å².